The molecule has 0 unspecified atom stereocenters. The molecule has 0 aromatic heterocycles. The number of hydrogen-bond donors (Lipinski definition) is 2. The first-order valence-electron chi connectivity index (χ1n) is 10.5. The zero-order valence-corrected chi connectivity index (χ0v) is 19.9. The van der Waals surface area contributed by atoms with Gasteiger partial charge in [0.25, 0.3) is 15.7 Å². The standard InChI is InChI=1S/C24H19Cl2N3O4S/c25-14-8-10-20(26)22(12-14)28-34(32,33)15-9-11-21-19(13-15)16-5-3-6-17(16)24(27-21)18-4-1-2-7-23(18)29(30)31/h1-5,7-13,16-17,24,27-28H,6H2/t16-,17+,24-/m0/s1. The normalized spacial score (nSPS) is 20.8. The monoisotopic (exact) mass is 515 g/mol. The van der Waals surface area contributed by atoms with E-state index in [9.17, 15) is 18.5 Å². The lowest BCUT2D eigenvalue weighted by molar-refractivity contribution is -0.385. The molecule has 1 aliphatic heterocycles. The molecule has 0 fully saturated rings. The van der Waals surface area contributed by atoms with Crippen LogP contribution >= 0.6 is 23.2 Å². The number of para-hydroxylation sites is 1. The summed E-state index contributed by atoms with van der Waals surface area (Å²) in [5.41, 5.74) is 2.45. The van der Waals surface area contributed by atoms with Crippen LogP contribution in [0.3, 0.4) is 0 Å². The van der Waals surface area contributed by atoms with Crippen LogP contribution in [0.25, 0.3) is 0 Å². The van der Waals surface area contributed by atoms with Gasteiger partial charge in [-0.2, -0.15) is 0 Å². The van der Waals surface area contributed by atoms with Crippen molar-refractivity contribution in [1.29, 1.82) is 0 Å². The van der Waals surface area contributed by atoms with E-state index in [4.69, 9.17) is 23.2 Å². The molecular formula is C24H19Cl2N3O4S. The zero-order chi connectivity index (χ0) is 24.0. The van der Waals surface area contributed by atoms with E-state index in [0.29, 0.717) is 10.6 Å². The average Bonchev–Trinajstić information content (AvgIpc) is 3.31. The van der Waals surface area contributed by atoms with Crippen LogP contribution in [-0.4, -0.2) is 13.3 Å². The molecule has 0 saturated carbocycles. The molecule has 7 nitrogen and oxygen atoms in total. The Balaban J connectivity index is 1.52. The van der Waals surface area contributed by atoms with Gasteiger partial charge < -0.3 is 5.32 Å². The summed E-state index contributed by atoms with van der Waals surface area (Å²) >= 11 is 12.1. The Hall–Kier alpha value is -3.07. The quantitative estimate of drug-likeness (QED) is 0.228. The SMILES string of the molecule is O=[N+]([O-])c1ccccc1[C@H]1Nc2ccc(S(=O)(=O)Nc3cc(Cl)ccc3Cl)cc2[C@H]2C=CC[C@H]21. The van der Waals surface area contributed by atoms with E-state index in [1.165, 1.54) is 24.3 Å². The Morgan fingerprint density at radius 1 is 1.03 bits per heavy atom. The molecule has 1 heterocycles. The average molecular weight is 516 g/mol. The van der Waals surface area contributed by atoms with E-state index in [2.05, 4.69) is 10.0 Å². The molecular weight excluding hydrogens is 497 g/mol. The summed E-state index contributed by atoms with van der Waals surface area (Å²) in [6.45, 7) is 0. The van der Waals surface area contributed by atoms with E-state index in [1.54, 1.807) is 36.4 Å². The van der Waals surface area contributed by atoms with Gasteiger partial charge in [-0.1, -0.05) is 53.6 Å². The maximum atomic E-state index is 13.1. The first-order valence-corrected chi connectivity index (χ1v) is 12.8. The number of benzene rings is 3. The molecule has 2 N–H and O–H groups in total. The first kappa shape index (κ1) is 22.7. The maximum absolute atomic E-state index is 13.1. The third-order valence-electron chi connectivity index (χ3n) is 6.29. The molecule has 10 heteroatoms. The Morgan fingerprint density at radius 3 is 2.62 bits per heavy atom. The third-order valence-corrected chi connectivity index (χ3v) is 8.21. The summed E-state index contributed by atoms with van der Waals surface area (Å²) in [5, 5.41) is 15.6. The van der Waals surface area contributed by atoms with E-state index >= 15 is 0 Å². The molecule has 3 aromatic carbocycles. The fraction of sp³-hybridized carbons (Fsp3) is 0.167. The van der Waals surface area contributed by atoms with Gasteiger partial charge in [0.15, 0.2) is 0 Å². The van der Waals surface area contributed by atoms with Crippen LogP contribution in [0, 0.1) is 16.0 Å². The van der Waals surface area contributed by atoms with Gasteiger partial charge in [0, 0.05) is 22.7 Å². The highest BCUT2D eigenvalue weighted by molar-refractivity contribution is 7.92. The second kappa shape index (κ2) is 8.61. The van der Waals surface area contributed by atoms with Gasteiger partial charge in [-0.05, 0) is 54.3 Å². The predicted molar refractivity (Wildman–Crippen MR) is 133 cm³/mol. The van der Waals surface area contributed by atoms with Crippen molar-refractivity contribution < 1.29 is 13.3 Å². The summed E-state index contributed by atoms with van der Waals surface area (Å²) in [5.74, 6) is -0.0622. The fourth-order valence-corrected chi connectivity index (χ4v) is 6.24. The summed E-state index contributed by atoms with van der Waals surface area (Å²) in [7, 11) is -3.93. The van der Waals surface area contributed by atoms with Crippen molar-refractivity contribution in [2.24, 2.45) is 5.92 Å². The van der Waals surface area contributed by atoms with Crippen molar-refractivity contribution >= 4 is 50.3 Å². The number of halogens is 2. The lowest BCUT2D eigenvalue weighted by Gasteiger charge is -2.37. The number of hydrogen-bond acceptors (Lipinski definition) is 5. The molecule has 34 heavy (non-hydrogen) atoms. The van der Waals surface area contributed by atoms with Crippen LogP contribution in [0.15, 0.2) is 77.7 Å². The van der Waals surface area contributed by atoms with Crippen molar-refractivity contribution in [3.8, 4) is 0 Å². The lowest BCUT2D eigenvalue weighted by atomic mass is 9.76. The highest BCUT2D eigenvalue weighted by atomic mass is 35.5. The lowest BCUT2D eigenvalue weighted by Crippen LogP contribution is -2.30. The summed E-state index contributed by atoms with van der Waals surface area (Å²) < 4.78 is 28.8. The van der Waals surface area contributed by atoms with Crippen molar-refractivity contribution in [3.05, 3.63) is 104 Å². The fourth-order valence-electron chi connectivity index (χ4n) is 4.74. The van der Waals surface area contributed by atoms with Gasteiger partial charge in [-0.25, -0.2) is 8.42 Å². The second-order valence-corrected chi connectivity index (χ2v) is 10.8. The van der Waals surface area contributed by atoms with Crippen molar-refractivity contribution in [1.82, 2.24) is 0 Å². The van der Waals surface area contributed by atoms with Crippen LogP contribution in [-0.2, 0) is 10.0 Å². The van der Waals surface area contributed by atoms with E-state index < -0.39 is 10.0 Å². The molecule has 0 saturated heterocycles. The Labute approximate surface area is 206 Å². The molecule has 0 spiro atoms. The summed E-state index contributed by atoms with van der Waals surface area (Å²) in [4.78, 5) is 11.3. The molecule has 3 atom stereocenters. The number of rotatable bonds is 5. The topological polar surface area (TPSA) is 101 Å². The van der Waals surface area contributed by atoms with E-state index in [0.717, 1.165) is 17.7 Å². The van der Waals surface area contributed by atoms with Gasteiger partial charge in [0.1, 0.15) is 0 Å². The van der Waals surface area contributed by atoms with Crippen LogP contribution in [0.5, 0.6) is 0 Å². The first-order chi connectivity index (χ1) is 16.2. The molecule has 1 aliphatic carbocycles. The Morgan fingerprint density at radius 2 is 1.82 bits per heavy atom. The van der Waals surface area contributed by atoms with Crippen LogP contribution in [0.4, 0.5) is 17.1 Å². The molecule has 0 radical (unpaired) electrons. The maximum Gasteiger partial charge on any atom is 0.274 e. The van der Waals surface area contributed by atoms with Gasteiger partial charge >= 0.3 is 0 Å². The third kappa shape index (κ3) is 4.02. The second-order valence-electron chi connectivity index (χ2n) is 8.27. The van der Waals surface area contributed by atoms with Crippen molar-refractivity contribution in [2.75, 3.05) is 10.0 Å². The molecule has 2 aliphatic rings. The summed E-state index contributed by atoms with van der Waals surface area (Å²) in [6, 6.07) is 15.8. The van der Waals surface area contributed by atoms with Crippen molar-refractivity contribution in [2.45, 2.75) is 23.3 Å². The van der Waals surface area contributed by atoms with Gasteiger partial charge in [-0.3, -0.25) is 14.8 Å². The number of fused-ring (bicyclic) bond motifs is 3. The molecule has 0 amide bonds. The van der Waals surface area contributed by atoms with E-state index in [-0.39, 0.29) is 44.1 Å². The number of sulfonamides is 1. The highest BCUT2D eigenvalue weighted by Gasteiger charge is 2.40. The minimum Gasteiger partial charge on any atom is -0.377 e. The van der Waals surface area contributed by atoms with Gasteiger partial charge in [-0.15, -0.1) is 0 Å². The number of nitrogens with one attached hydrogen (secondary N) is 2. The molecule has 3 aromatic rings. The smallest absolute Gasteiger partial charge is 0.274 e. The zero-order valence-electron chi connectivity index (χ0n) is 17.6. The Bertz CT molecular complexity index is 1440. The van der Waals surface area contributed by atoms with Crippen molar-refractivity contribution in [3.63, 3.8) is 0 Å². The minimum absolute atomic E-state index is 0.0156. The number of nitro groups is 1. The van der Waals surface area contributed by atoms with Gasteiger partial charge in [0.2, 0.25) is 0 Å². The van der Waals surface area contributed by atoms with Crippen LogP contribution in [0.1, 0.15) is 29.5 Å². The highest BCUT2D eigenvalue weighted by Crippen LogP contribution is 2.51. The van der Waals surface area contributed by atoms with Gasteiger partial charge in [0.05, 0.1) is 32.1 Å². The number of allylic oxidation sites excluding steroid dienone is 2. The number of nitrogens with zero attached hydrogens (tertiary/aromatic N) is 1. The largest absolute Gasteiger partial charge is 0.377 e. The minimum atomic E-state index is -3.93. The predicted octanol–water partition coefficient (Wildman–Crippen LogP) is 6.53. The van der Waals surface area contributed by atoms with Crippen LogP contribution in [0.2, 0.25) is 10.0 Å². The number of nitro benzene ring substituents is 1. The number of anilines is 2. The molecule has 174 valence electrons. The molecule has 5 rings (SSSR count). The Kier molecular flexibility index (Phi) is 5.75. The summed E-state index contributed by atoms with van der Waals surface area (Å²) in [6.07, 6.45) is 4.81. The van der Waals surface area contributed by atoms with E-state index in [1.807, 2.05) is 12.2 Å². The molecule has 0 bridgehead atoms. The van der Waals surface area contributed by atoms with Crippen LogP contribution < -0.4 is 10.0 Å².